The van der Waals surface area contributed by atoms with E-state index in [2.05, 4.69) is 29.4 Å². The Labute approximate surface area is 113 Å². The minimum absolute atomic E-state index is 0.590. The normalized spacial score (nSPS) is 11.2. The molecule has 5 heteroatoms. The zero-order valence-electron chi connectivity index (χ0n) is 11.8. The minimum atomic E-state index is 0.590. The Hall–Kier alpha value is -1.91. The van der Waals surface area contributed by atoms with Crippen LogP contribution in [0.1, 0.15) is 32.3 Å². The predicted molar refractivity (Wildman–Crippen MR) is 76.5 cm³/mol. The Balaban J connectivity index is 2.39. The molecule has 0 radical (unpaired) electrons. The van der Waals surface area contributed by atoms with E-state index in [1.165, 1.54) is 0 Å². The topological polar surface area (TPSA) is 69.6 Å². The lowest BCUT2D eigenvalue weighted by Crippen LogP contribution is -2.12. The van der Waals surface area contributed by atoms with Gasteiger partial charge >= 0.3 is 0 Å². The summed E-state index contributed by atoms with van der Waals surface area (Å²) in [5.41, 5.74) is 8.83. The van der Waals surface area contributed by atoms with Crippen molar-refractivity contribution < 1.29 is 0 Å². The van der Waals surface area contributed by atoms with Gasteiger partial charge < -0.3 is 5.73 Å². The molecule has 0 aliphatic rings. The maximum Gasteiger partial charge on any atom is 0.184 e. The molecule has 0 spiro atoms. The van der Waals surface area contributed by atoms with Crippen LogP contribution < -0.4 is 5.73 Å². The average Bonchev–Trinajstić information content (AvgIpc) is 2.84. The van der Waals surface area contributed by atoms with Crippen LogP contribution in [0.4, 0.5) is 5.69 Å². The second kappa shape index (κ2) is 5.82. The molecular formula is C14H21N5. The van der Waals surface area contributed by atoms with E-state index in [-0.39, 0.29) is 0 Å². The zero-order chi connectivity index (χ0) is 13.8. The van der Waals surface area contributed by atoms with E-state index < -0.39 is 0 Å². The summed E-state index contributed by atoms with van der Waals surface area (Å²) in [5.74, 6) is 1.36. The molecule has 0 atom stereocenters. The van der Waals surface area contributed by atoms with Crippen molar-refractivity contribution in [3.05, 3.63) is 23.8 Å². The molecule has 0 unspecified atom stereocenters. The van der Waals surface area contributed by atoms with Gasteiger partial charge in [-0.2, -0.15) is 0 Å². The fraction of sp³-hybridized carbons (Fsp3) is 0.500. The Morgan fingerprint density at radius 1 is 1.26 bits per heavy atom. The number of anilines is 1. The summed E-state index contributed by atoms with van der Waals surface area (Å²) < 4.78 is 1.87. The number of benzene rings is 1. The van der Waals surface area contributed by atoms with Gasteiger partial charge in [-0.1, -0.05) is 38.8 Å². The highest BCUT2D eigenvalue weighted by atomic mass is 15.5. The Morgan fingerprint density at radius 2 is 2.00 bits per heavy atom. The van der Waals surface area contributed by atoms with E-state index in [0.29, 0.717) is 5.92 Å². The quantitative estimate of drug-likeness (QED) is 0.838. The second-order valence-electron chi connectivity index (χ2n) is 4.91. The van der Waals surface area contributed by atoms with Crippen molar-refractivity contribution in [3.8, 4) is 11.4 Å². The summed E-state index contributed by atoms with van der Waals surface area (Å²) in [6, 6.07) is 5.86. The number of nitrogens with zero attached hydrogens (tertiary/aromatic N) is 4. The van der Waals surface area contributed by atoms with Gasteiger partial charge in [0.25, 0.3) is 0 Å². The molecule has 19 heavy (non-hydrogen) atoms. The summed E-state index contributed by atoms with van der Waals surface area (Å²) in [7, 11) is 0. The highest BCUT2D eigenvalue weighted by molar-refractivity contribution is 5.74. The highest BCUT2D eigenvalue weighted by Gasteiger charge is 2.16. The maximum absolute atomic E-state index is 6.07. The largest absolute Gasteiger partial charge is 0.398 e. The van der Waals surface area contributed by atoms with Crippen molar-refractivity contribution in [2.45, 2.75) is 40.2 Å². The van der Waals surface area contributed by atoms with Gasteiger partial charge in [0, 0.05) is 17.8 Å². The van der Waals surface area contributed by atoms with Gasteiger partial charge in [0.2, 0.25) is 0 Å². The van der Waals surface area contributed by atoms with E-state index >= 15 is 0 Å². The lowest BCUT2D eigenvalue weighted by molar-refractivity contribution is 0.392. The van der Waals surface area contributed by atoms with Gasteiger partial charge in [-0.3, -0.25) is 0 Å². The molecule has 5 nitrogen and oxygen atoms in total. The first-order valence-corrected chi connectivity index (χ1v) is 6.79. The number of hydrogen-bond acceptors (Lipinski definition) is 4. The van der Waals surface area contributed by atoms with E-state index in [0.717, 1.165) is 42.0 Å². The number of aryl methyl sites for hydroxylation is 1. The third-order valence-electron chi connectivity index (χ3n) is 3.65. The highest BCUT2D eigenvalue weighted by Crippen LogP contribution is 2.27. The monoisotopic (exact) mass is 259 g/mol. The summed E-state index contributed by atoms with van der Waals surface area (Å²) in [5, 5.41) is 12.1. The van der Waals surface area contributed by atoms with Crippen molar-refractivity contribution in [3.63, 3.8) is 0 Å². The van der Waals surface area contributed by atoms with Gasteiger partial charge in [-0.25, -0.2) is 4.68 Å². The summed E-state index contributed by atoms with van der Waals surface area (Å²) in [4.78, 5) is 0. The molecule has 0 bridgehead atoms. The Morgan fingerprint density at radius 3 is 2.63 bits per heavy atom. The zero-order valence-corrected chi connectivity index (χ0v) is 11.8. The predicted octanol–water partition coefficient (Wildman–Crippen LogP) is 2.67. The fourth-order valence-corrected chi connectivity index (χ4v) is 2.29. The minimum Gasteiger partial charge on any atom is -0.398 e. The molecule has 2 rings (SSSR count). The lowest BCUT2D eigenvalue weighted by Gasteiger charge is -2.14. The molecule has 0 fully saturated rings. The van der Waals surface area contributed by atoms with E-state index in [1.807, 2.05) is 29.8 Å². The molecule has 1 aromatic heterocycles. The first-order valence-electron chi connectivity index (χ1n) is 6.79. The second-order valence-corrected chi connectivity index (χ2v) is 4.91. The first-order chi connectivity index (χ1) is 9.17. The van der Waals surface area contributed by atoms with Crippen LogP contribution >= 0.6 is 0 Å². The molecule has 0 aliphatic carbocycles. The molecule has 0 amide bonds. The van der Waals surface area contributed by atoms with Gasteiger partial charge in [-0.15, -0.1) is 5.10 Å². The molecule has 0 aliphatic heterocycles. The molecule has 0 saturated carbocycles. The molecule has 1 aromatic carbocycles. The molecule has 0 saturated heterocycles. The number of tetrazole rings is 1. The van der Waals surface area contributed by atoms with Crippen LogP contribution in [0, 0.1) is 12.8 Å². The number of aromatic nitrogens is 4. The van der Waals surface area contributed by atoms with Crippen LogP contribution in [0.5, 0.6) is 0 Å². The maximum atomic E-state index is 6.07. The van der Waals surface area contributed by atoms with Gasteiger partial charge in [0.05, 0.1) is 0 Å². The first kappa shape index (κ1) is 13.5. The molecule has 102 valence electrons. The Bertz CT molecular complexity index is 522. The van der Waals surface area contributed by atoms with Crippen molar-refractivity contribution >= 4 is 5.69 Å². The standard InChI is InChI=1S/C14H21N5/c1-4-11(5-2)9-19-14(16-17-18-19)13-10(3)7-6-8-12(13)15/h6-8,11H,4-5,9,15H2,1-3H3. The molecule has 2 aromatic rings. The average molecular weight is 259 g/mol. The molecule has 2 N–H and O–H groups in total. The van der Waals surface area contributed by atoms with Crippen LogP contribution in [-0.4, -0.2) is 20.2 Å². The summed E-state index contributed by atoms with van der Waals surface area (Å²) in [6.45, 7) is 7.26. The van der Waals surface area contributed by atoms with Gasteiger partial charge in [0.15, 0.2) is 5.82 Å². The van der Waals surface area contributed by atoms with Crippen molar-refractivity contribution in [1.82, 2.24) is 20.2 Å². The van der Waals surface area contributed by atoms with Gasteiger partial charge in [-0.05, 0) is 34.9 Å². The van der Waals surface area contributed by atoms with E-state index in [4.69, 9.17) is 5.73 Å². The summed E-state index contributed by atoms with van der Waals surface area (Å²) in [6.07, 6.45) is 2.25. The van der Waals surface area contributed by atoms with Gasteiger partial charge in [0.1, 0.15) is 0 Å². The SMILES string of the molecule is CCC(CC)Cn1nnnc1-c1c(C)cccc1N. The van der Waals surface area contributed by atoms with Crippen molar-refractivity contribution in [2.75, 3.05) is 5.73 Å². The third kappa shape index (κ3) is 2.75. The number of rotatable bonds is 5. The number of hydrogen-bond donors (Lipinski definition) is 1. The Kier molecular flexibility index (Phi) is 4.14. The van der Waals surface area contributed by atoms with Crippen LogP contribution in [0.2, 0.25) is 0 Å². The van der Waals surface area contributed by atoms with Crippen molar-refractivity contribution in [2.24, 2.45) is 5.92 Å². The van der Waals surface area contributed by atoms with Crippen LogP contribution in [0.25, 0.3) is 11.4 Å². The van der Waals surface area contributed by atoms with Crippen LogP contribution in [-0.2, 0) is 6.54 Å². The third-order valence-corrected chi connectivity index (χ3v) is 3.65. The van der Waals surface area contributed by atoms with E-state index in [9.17, 15) is 0 Å². The van der Waals surface area contributed by atoms with Crippen LogP contribution in [0.15, 0.2) is 18.2 Å². The fourth-order valence-electron chi connectivity index (χ4n) is 2.29. The number of nitrogens with two attached hydrogens (primary N) is 1. The molecular weight excluding hydrogens is 238 g/mol. The lowest BCUT2D eigenvalue weighted by atomic mass is 10.0. The molecule has 1 heterocycles. The van der Waals surface area contributed by atoms with Crippen molar-refractivity contribution in [1.29, 1.82) is 0 Å². The van der Waals surface area contributed by atoms with E-state index in [1.54, 1.807) is 0 Å². The smallest absolute Gasteiger partial charge is 0.184 e. The summed E-state index contributed by atoms with van der Waals surface area (Å²) >= 11 is 0. The number of nitrogen functional groups attached to an aromatic ring is 1. The van der Waals surface area contributed by atoms with Crippen LogP contribution in [0.3, 0.4) is 0 Å².